The van der Waals surface area contributed by atoms with Crippen molar-refractivity contribution >= 4 is 0 Å². The van der Waals surface area contributed by atoms with Crippen molar-refractivity contribution in [3.05, 3.63) is 0 Å². The molecule has 0 amide bonds. The molecule has 72 valence electrons. The van der Waals surface area contributed by atoms with E-state index in [-0.39, 0.29) is 0 Å². The van der Waals surface area contributed by atoms with Crippen LogP contribution in [0.2, 0.25) is 0 Å². The molecule has 0 aromatic rings. The maximum atomic E-state index is 5.54. The average molecular weight is 172 g/mol. The monoisotopic (exact) mass is 172 g/mol. The maximum Gasteiger partial charge on any atom is 0.0672 e. The summed E-state index contributed by atoms with van der Waals surface area (Å²) in [6.07, 6.45) is 1.57. The van der Waals surface area contributed by atoms with Crippen molar-refractivity contribution in [1.29, 1.82) is 0 Å². The van der Waals surface area contributed by atoms with Crippen LogP contribution in [-0.2, 0) is 4.74 Å². The predicted octanol–water partition coefficient (Wildman–Crippen LogP) is 0.315. The van der Waals surface area contributed by atoms with Crippen LogP contribution >= 0.6 is 0 Å². The molecule has 1 fully saturated rings. The maximum absolute atomic E-state index is 5.54. The number of ether oxygens (including phenoxy) is 1. The molecule has 3 nitrogen and oxygen atoms in total. The second-order valence-corrected chi connectivity index (χ2v) is 3.84. The number of nitrogens with one attached hydrogen (secondary N) is 1. The minimum atomic E-state index is 0.389. The molecule has 3 heteroatoms. The van der Waals surface area contributed by atoms with Gasteiger partial charge in [-0.15, -0.1) is 0 Å². The Bertz CT molecular complexity index is 120. The average Bonchev–Trinajstić information content (AvgIpc) is 2.03. The van der Waals surface area contributed by atoms with E-state index >= 15 is 0 Å². The van der Waals surface area contributed by atoms with E-state index in [9.17, 15) is 0 Å². The Morgan fingerprint density at radius 3 is 2.75 bits per heavy atom. The molecule has 1 N–H and O–H groups in total. The fraction of sp³-hybridized carbons (Fsp3) is 1.00. The number of hydrogen-bond acceptors (Lipinski definition) is 3. The van der Waals surface area contributed by atoms with Gasteiger partial charge in [0, 0.05) is 12.6 Å². The van der Waals surface area contributed by atoms with Crippen molar-refractivity contribution in [3.8, 4) is 0 Å². The Morgan fingerprint density at radius 2 is 2.25 bits per heavy atom. The molecule has 1 aliphatic heterocycles. The fourth-order valence-corrected chi connectivity index (χ4v) is 1.33. The summed E-state index contributed by atoms with van der Waals surface area (Å²) in [7, 11) is 4.21. The molecule has 1 heterocycles. The zero-order valence-electron chi connectivity index (χ0n) is 8.34. The summed E-state index contributed by atoms with van der Waals surface area (Å²) in [5.41, 5.74) is 0. The van der Waals surface area contributed by atoms with E-state index in [1.54, 1.807) is 0 Å². The molecule has 2 atom stereocenters. The smallest absolute Gasteiger partial charge is 0.0672 e. The van der Waals surface area contributed by atoms with Gasteiger partial charge < -0.3 is 15.0 Å². The van der Waals surface area contributed by atoms with Crippen molar-refractivity contribution < 1.29 is 4.74 Å². The first-order valence-electron chi connectivity index (χ1n) is 4.68. The quantitative estimate of drug-likeness (QED) is 0.663. The highest BCUT2D eigenvalue weighted by Gasteiger charge is 2.16. The van der Waals surface area contributed by atoms with E-state index in [0.29, 0.717) is 12.1 Å². The molecule has 0 bridgehead atoms. The molecule has 0 radical (unpaired) electrons. The summed E-state index contributed by atoms with van der Waals surface area (Å²) in [6.45, 7) is 5.11. The van der Waals surface area contributed by atoms with Gasteiger partial charge in [0.1, 0.15) is 0 Å². The van der Waals surface area contributed by atoms with Gasteiger partial charge in [-0.25, -0.2) is 0 Å². The van der Waals surface area contributed by atoms with Crippen LogP contribution < -0.4 is 5.32 Å². The van der Waals surface area contributed by atoms with Crippen molar-refractivity contribution in [2.24, 2.45) is 0 Å². The van der Waals surface area contributed by atoms with Crippen molar-refractivity contribution in [2.75, 3.05) is 33.8 Å². The lowest BCUT2D eigenvalue weighted by Gasteiger charge is -2.29. The molecule has 0 aliphatic carbocycles. The Morgan fingerprint density at radius 1 is 1.50 bits per heavy atom. The van der Waals surface area contributed by atoms with E-state index in [1.807, 2.05) is 0 Å². The van der Waals surface area contributed by atoms with E-state index in [0.717, 1.165) is 19.7 Å². The van der Waals surface area contributed by atoms with Gasteiger partial charge in [0.15, 0.2) is 0 Å². The highest BCUT2D eigenvalue weighted by molar-refractivity contribution is 4.74. The lowest BCUT2D eigenvalue weighted by molar-refractivity contribution is 0.0122. The lowest BCUT2D eigenvalue weighted by atomic mass is 10.1. The molecule has 2 unspecified atom stereocenters. The lowest BCUT2D eigenvalue weighted by Crippen LogP contribution is -2.46. The molecular formula is C9H20N2O. The zero-order chi connectivity index (χ0) is 8.97. The van der Waals surface area contributed by atoms with Crippen LogP contribution in [0.3, 0.4) is 0 Å². The topological polar surface area (TPSA) is 24.5 Å². The van der Waals surface area contributed by atoms with E-state index in [1.165, 1.54) is 6.42 Å². The summed E-state index contributed by atoms with van der Waals surface area (Å²) in [5, 5.41) is 3.47. The minimum absolute atomic E-state index is 0.389. The third-order valence-corrected chi connectivity index (χ3v) is 2.20. The molecule has 0 aromatic heterocycles. The highest BCUT2D eigenvalue weighted by atomic mass is 16.5. The van der Waals surface area contributed by atoms with Gasteiger partial charge >= 0.3 is 0 Å². The second-order valence-electron chi connectivity index (χ2n) is 3.84. The highest BCUT2D eigenvalue weighted by Crippen LogP contribution is 2.03. The third-order valence-electron chi connectivity index (χ3n) is 2.20. The zero-order valence-corrected chi connectivity index (χ0v) is 8.34. The van der Waals surface area contributed by atoms with Gasteiger partial charge in [-0.1, -0.05) is 0 Å². The van der Waals surface area contributed by atoms with E-state index < -0.39 is 0 Å². The van der Waals surface area contributed by atoms with Crippen LogP contribution in [0.15, 0.2) is 0 Å². The summed E-state index contributed by atoms with van der Waals surface area (Å²) in [6, 6.07) is 0.559. The van der Waals surface area contributed by atoms with Crippen LogP contribution in [0.25, 0.3) is 0 Å². The first kappa shape index (κ1) is 9.96. The third kappa shape index (κ3) is 3.52. The van der Waals surface area contributed by atoms with E-state index in [4.69, 9.17) is 4.74 Å². The number of rotatable bonds is 3. The van der Waals surface area contributed by atoms with Gasteiger partial charge in [-0.2, -0.15) is 0 Å². The molecule has 1 rings (SSSR count). The summed E-state index contributed by atoms with van der Waals surface area (Å²) in [5.74, 6) is 0. The number of nitrogens with zero attached hydrogens (tertiary/aromatic N) is 1. The fourth-order valence-electron chi connectivity index (χ4n) is 1.33. The second kappa shape index (κ2) is 4.80. The molecule has 0 saturated carbocycles. The van der Waals surface area contributed by atoms with Gasteiger partial charge in [0.2, 0.25) is 0 Å². The van der Waals surface area contributed by atoms with Crippen LogP contribution in [0.5, 0.6) is 0 Å². The first-order chi connectivity index (χ1) is 5.68. The SMILES string of the molecule is CC1CNC(CCN(C)C)CO1. The van der Waals surface area contributed by atoms with E-state index in [2.05, 4.69) is 31.2 Å². The Balaban J connectivity index is 2.09. The van der Waals surface area contributed by atoms with Crippen molar-refractivity contribution in [1.82, 2.24) is 10.2 Å². The number of hydrogen-bond donors (Lipinski definition) is 1. The van der Waals surface area contributed by atoms with Crippen molar-refractivity contribution in [3.63, 3.8) is 0 Å². The van der Waals surface area contributed by atoms with Gasteiger partial charge in [-0.05, 0) is 34.0 Å². The predicted molar refractivity (Wildman–Crippen MR) is 50.4 cm³/mol. The van der Waals surface area contributed by atoms with Crippen LogP contribution in [0.4, 0.5) is 0 Å². The Kier molecular flexibility index (Phi) is 3.98. The first-order valence-corrected chi connectivity index (χ1v) is 4.68. The molecule has 1 aliphatic rings. The molecule has 0 aromatic carbocycles. The standard InChI is InChI=1S/C9H20N2O/c1-8-6-10-9(7-12-8)4-5-11(2)3/h8-10H,4-7H2,1-3H3. The Hall–Kier alpha value is -0.120. The number of morpholine rings is 1. The molecule has 12 heavy (non-hydrogen) atoms. The summed E-state index contributed by atoms with van der Waals surface area (Å²) >= 11 is 0. The summed E-state index contributed by atoms with van der Waals surface area (Å²) in [4.78, 5) is 2.21. The molecule has 1 saturated heterocycles. The van der Waals surface area contributed by atoms with Crippen LogP contribution in [0.1, 0.15) is 13.3 Å². The molecule has 0 spiro atoms. The van der Waals surface area contributed by atoms with Crippen LogP contribution in [-0.4, -0.2) is 50.8 Å². The van der Waals surface area contributed by atoms with Gasteiger partial charge in [0.05, 0.1) is 12.7 Å². The minimum Gasteiger partial charge on any atom is -0.376 e. The van der Waals surface area contributed by atoms with Gasteiger partial charge in [0.25, 0.3) is 0 Å². The van der Waals surface area contributed by atoms with Crippen LogP contribution in [0, 0.1) is 0 Å². The normalized spacial score (nSPS) is 31.0. The molecular weight excluding hydrogens is 152 g/mol. The summed E-state index contributed by atoms with van der Waals surface area (Å²) < 4.78 is 5.54. The van der Waals surface area contributed by atoms with Crippen molar-refractivity contribution in [2.45, 2.75) is 25.5 Å². The van der Waals surface area contributed by atoms with Gasteiger partial charge in [-0.3, -0.25) is 0 Å². The Labute approximate surface area is 75.1 Å². The largest absolute Gasteiger partial charge is 0.376 e.